The average Bonchev–Trinajstić information content (AvgIpc) is 2.47. The maximum absolute atomic E-state index is 10.4. The normalized spacial score (nSPS) is 19.4. The number of fused-ring (bicyclic) bond motifs is 1. The number of hydrogen-bond acceptors (Lipinski definition) is 3. The van der Waals surface area contributed by atoms with Gasteiger partial charge < -0.3 is 9.84 Å². The van der Waals surface area contributed by atoms with Crippen LogP contribution in [0, 0.1) is 0 Å². The van der Waals surface area contributed by atoms with Gasteiger partial charge in [-0.15, -0.1) is 0 Å². The van der Waals surface area contributed by atoms with E-state index in [0.29, 0.717) is 13.0 Å². The van der Waals surface area contributed by atoms with Crippen LogP contribution in [-0.4, -0.2) is 16.7 Å². The van der Waals surface area contributed by atoms with Crippen LogP contribution >= 0.6 is 15.9 Å². The fourth-order valence-corrected chi connectivity index (χ4v) is 3.00. The lowest BCUT2D eigenvalue weighted by Crippen LogP contribution is -2.18. The van der Waals surface area contributed by atoms with Crippen LogP contribution in [0.5, 0.6) is 0 Å². The molecule has 0 saturated heterocycles. The summed E-state index contributed by atoms with van der Waals surface area (Å²) in [7, 11) is 0. The van der Waals surface area contributed by atoms with Crippen molar-refractivity contribution in [2.24, 2.45) is 0 Å². The summed E-state index contributed by atoms with van der Waals surface area (Å²) in [5, 5.41) is 10.4. The van der Waals surface area contributed by atoms with E-state index in [9.17, 15) is 5.11 Å². The van der Waals surface area contributed by atoms with Crippen molar-refractivity contribution in [1.29, 1.82) is 0 Å². The molecule has 0 saturated carbocycles. The van der Waals surface area contributed by atoms with Crippen LogP contribution < -0.4 is 0 Å². The molecular formula is C16H16BrNO2. The van der Waals surface area contributed by atoms with Crippen molar-refractivity contribution in [1.82, 2.24) is 4.98 Å². The Morgan fingerprint density at radius 2 is 2.20 bits per heavy atom. The number of benzene rings is 1. The molecule has 0 bridgehead atoms. The van der Waals surface area contributed by atoms with E-state index in [1.807, 2.05) is 12.1 Å². The van der Waals surface area contributed by atoms with E-state index in [4.69, 9.17) is 4.74 Å². The topological polar surface area (TPSA) is 42.4 Å². The van der Waals surface area contributed by atoms with Crippen LogP contribution in [0.15, 0.2) is 47.2 Å². The van der Waals surface area contributed by atoms with E-state index >= 15 is 0 Å². The summed E-state index contributed by atoms with van der Waals surface area (Å²) in [6, 6.07) is 10.2. The molecule has 0 aliphatic carbocycles. The number of nitrogens with zero attached hydrogens (tertiary/aromatic N) is 1. The van der Waals surface area contributed by atoms with Gasteiger partial charge in [-0.2, -0.15) is 0 Å². The first-order valence-electron chi connectivity index (χ1n) is 6.72. The average molecular weight is 334 g/mol. The Balaban J connectivity index is 1.79. The summed E-state index contributed by atoms with van der Waals surface area (Å²) in [6.07, 6.45) is 4.29. The molecule has 0 spiro atoms. The summed E-state index contributed by atoms with van der Waals surface area (Å²) < 4.78 is 6.71. The number of rotatable bonds is 3. The first kappa shape index (κ1) is 13.7. The molecule has 1 aliphatic heterocycles. The molecule has 3 nitrogen and oxygen atoms in total. The standard InChI is InChI=1S/C16H16BrNO2/c17-13-7-12(9-18-10-13)15(19)8-16-14-4-2-1-3-11(14)5-6-20-16/h1-4,7,9-10,15-16,19H,5-6,8H2. The summed E-state index contributed by atoms with van der Waals surface area (Å²) in [5.74, 6) is 0. The monoisotopic (exact) mass is 333 g/mol. The number of halogens is 1. The van der Waals surface area contributed by atoms with E-state index in [0.717, 1.165) is 16.5 Å². The predicted octanol–water partition coefficient (Wildman–Crippen LogP) is 3.58. The SMILES string of the molecule is OC(CC1OCCc2ccccc21)c1cncc(Br)c1. The van der Waals surface area contributed by atoms with Crippen LogP contribution in [0.25, 0.3) is 0 Å². The summed E-state index contributed by atoms with van der Waals surface area (Å²) in [5.41, 5.74) is 3.33. The van der Waals surface area contributed by atoms with E-state index in [1.165, 1.54) is 11.1 Å². The maximum atomic E-state index is 10.4. The van der Waals surface area contributed by atoms with Gasteiger partial charge in [0.1, 0.15) is 0 Å². The molecule has 2 aromatic rings. The minimum atomic E-state index is -0.573. The van der Waals surface area contributed by atoms with Crippen molar-refractivity contribution in [3.63, 3.8) is 0 Å². The summed E-state index contributed by atoms with van der Waals surface area (Å²) in [4.78, 5) is 4.09. The Bertz CT molecular complexity index is 603. The lowest BCUT2D eigenvalue weighted by molar-refractivity contribution is 0.00369. The number of aromatic nitrogens is 1. The zero-order chi connectivity index (χ0) is 13.9. The zero-order valence-electron chi connectivity index (χ0n) is 11.0. The van der Waals surface area contributed by atoms with Crippen molar-refractivity contribution < 1.29 is 9.84 Å². The second-order valence-corrected chi connectivity index (χ2v) is 5.91. The number of aliphatic hydroxyl groups excluding tert-OH is 1. The summed E-state index contributed by atoms with van der Waals surface area (Å²) >= 11 is 3.38. The molecule has 0 radical (unpaired) electrons. The van der Waals surface area contributed by atoms with Crippen LogP contribution in [0.4, 0.5) is 0 Å². The lowest BCUT2D eigenvalue weighted by Gasteiger charge is -2.27. The van der Waals surface area contributed by atoms with Gasteiger partial charge in [0, 0.05) is 28.9 Å². The molecule has 1 N–H and O–H groups in total. The van der Waals surface area contributed by atoms with Crippen molar-refractivity contribution in [3.05, 3.63) is 63.9 Å². The Hall–Kier alpha value is -1.23. The highest BCUT2D eigenvalue weighted by Crippen LogP contribution is 2.34. The molecule has 4 heteroatoms. The molecule has 2 atom stereocenters. The Kier molecular flexibility index (Phi) is 4.15. The van der Waals surface area contributed by atoms with Crippen LogP contribution in [0.1, 0.15) is 35.3 Å². The highest BCUT2D eigenvalue weighted by atomic mass is 79.9. The third kappa shape index (κ3) is 2.92. The number of pyridine rings is 1. The fourth-order valence-electron chi connectivity index (χ4n) is 2.62. The molecule has 1 aromatic heterocycles. The molecule has 1 aliphatic rings. The van der Waals surface area contributed by atoms with Crippen LogP contribution in [0.2, 0.25) is 0 Å². The largest absolute Gasteiger partial charge is 0.388 e. The van der Waals surface area contributed by atoms with Gasteiger partial charge in [-0.05, 0) is 39.5 Å². The van der Waals surface area contributed by atoms with Crippen LogP contribution in [0.3, 0.4) is 0 Å². The van der Waals surface area contributed by atoms with Gasteiger partial charge >= 0.3 is 0 Å². The molecule has 0 fully saturated rings. The van der Waals surface area contributed by atoms with Gasteiger partial charge in [-0.25, -0.2) is 0 Å². The number of hydrogen-bond donors (Lipinski definition) is 1. The van der Waals surface area contributed by atoms with E-state index in [2.05, 4.69) is 39.1 Å². The first-order chi connectivity index (χ1) is 9.74. The highest BCUT2D eigenvalue weighted by molar-refractivity contribution is 9.10. The van der Waals surface area contributed by atoms with Crippen molar-refractivity contribution in [3.8, 4) is 0 Å². The van der Waals surface area contributed by atoms with Crippen molar-refractivity contribution in [2.75, 3.05) is 6.61 Å². The molecule has 20 heavy (non-hydrogen) atoms. The molecule has 3 rings (SSSR count). The predicted molar refractivity (Wildman–Crippen MR) is 80.4 cm³/mol. The van der Waals surface area contributed by atoms with Gasteiger partial charge in [0.15, 0.2) is 0 Å². The first-order valence-corrected chi connectivity index (χ1v) is 7.51. The smallest absolute Gasteiger partial charge is 0.0855 e. The zero-order valence-corrected chi connectivity index (χ0v) is 12.6. The Morgan fingerprint density at radius 1 is 1.35 bits per heavy atom. The second-order valence-electron chi connectivity index (χ2n) is 5.00. The summed E-state index contributed by atoms with van der Waals surface area (Å²) in [6.45, 7) is 0.713. The van der Waals surface area contributed by atoms with E-state index < -0.39 is 6.10 Å². The number of aliphatic hydroxyl groups is 1. The molecular weight excluding hydrogens is 318 g/mol. The molecule has 2 heterocycles. The lowest BCUT2D eigenvalue weighted by atomic mass is 9.93. The van der Waals surface area contributed by atoms with Gasteiger partial charge in [-0.1, -0.05) is 24.3 Å². The molecule has 0 amide bonds. The van der Waals surface area contributed by atoms with Gasteiger partial charge in [-0.3, -0.25) is 4.98 Å². The van der Waals surface area contributed by atoms with E-state index in [-0.39, 0.29) is 6.10 Å². The van der Waals surface area contributed by atoms with Gasteiger partial charge in [0.2, 0.25) is 0 Å². The third-order valence-corrected chi connectivity index (χ3v) is 4.07. The maximum Gasteiger partial charge on any atom is 0.0855 e. The molecule has 1 aromatic carbocycles. The minimum Gasteiger partial charge on any atom is -0.388 e. The molecule has 2 unspecified atom stereocenters. The number of ether oxygens (including phenoxy) is 1. The quantitative estimate of drug-likeness (QED) is 0.933. The highest BCUT2D eigenvalue weighted by Gasteiger charge is 2.24. The van der Waals surface area contributed by atoms with Gasteiger partial charge in [0.25, 0.3) is 0 Å². The minimum absolute atomic E-state index is 0.0473. The second kappa shape index (κ2) is 6.04. The Morgan fingerprint density at radius 3 is 3.05 bits per heavy atom. The van der Waals surface area contributed by atoms with E-state index in [1.54, 1.807) is 12.4 Å². The van der Waals surface area contributed by atoms with Gasteiger partial charge in [0.05, 0.1) is 18.8 Å². The van der Waals surface area contributed by atoms with Crippen molar-refractivity contribution in [2.45, 2.75) is 25.0 Å². The molecule has 104 valence electrons. The third-order valence-electron chi connectivity index (χ3n) is 3.64. The van der Waals surface area contributed by atoms with Crippen LogP contribution in [-0.2, 0) is 11.2 Å². The van der Waals surface area contributed by atoms with Crippen molar-refractivity contribution >= 4 is 15.9 Å². The Labute approximate surface area is 126 Å². The fraction of sp³-hybridized carbons (Fsp3) is 0.312.